The molecule has 300 valence electrons. The number of nitrogens with one attached hydrogen (secondary N) is 5. The van der Waals surface area contributed by atoms with Crippen LogP contribution in [0.25, 0.3) is 22.4 Å². The molecule has 0 saturated carbocycles. The first-order valence-corrected chi connectivity index (χ1v) is 18.6. The first kappa shape index (κ1) is 41.2. The Morgan fingerprint density at radius 3 is 1.93 bits per heavy atom. The number of aromatic amines is 1. The largest absolute Gasteiger partial charge is 0.453 e. The average Bonchev–Trinajstić information content (AvgIpc) is 3.97. The van der Waals surface area contributed by atoms with Crippen LogP contribution in [0.15, 0.2) is 48.7 Å². The fourth-order valence-corrected chi connectivity index (χ4v) is 7.01. The maximum Gasteiger partial charge on any atom is 0.407 e. The van der Waals surface area contributed by atoms with Crippen molar-refractivity contribution in [2.45, 2.75) is 77.5 Å². The SMILES string of the molecule is COC(=O)NC(C(=O)N1CCCC1C(=O)NC(=O)Nc1ccc(-c2ccc(-c3cnc(C4CCCN4C(=O)C(NC(=O)OC)C(C)C)[nH]3)cc2)cc1F)C(C)C. The quantitative estimate of drug-likeness (QED) is 0.179. The highest BCUT2D eigenvalue weighted by atomic mass is 19.1. The van der Waals surface area contributed by atoms with Gasteiger partial charge in [-0.25, -0.2) is 23.8 Å². The van der Waals surface area contributed by atoms with Gasteiger partial charge in [-0.05, 0) is 66.3 Å². The van der Waals surface area contributed by atoms with E-state index in [4.69, 9.17) is 4.74 Å². The molecule has 2 saturated heterocycles. The van der Waals surface area contributed by atoms with Crippen molar-refractivity contribution in [2.24, 2.45) is 11.8 Å². The van der Waals surface area contributed by atoms with Gasteiger partial charge in [0.15, 0.2) is 0 Å². The van der Waals surface area contributed by atoms with Gasteiger partial charge in [-0.2, -0.15) is 0 Å². The number of amides is 7. The number of methoxy groups -OCH3 is 2. The van der Waals surface area contributed by atoms with Crippen LogP contribution in [0.3, 0.4) is 0 Å². The zero-order valence-electron chi connectivity index (χ0n) is 32.3. The zero-order valence-corrected chi connectivity index (χ0v) is 32.3. The number of alkyl carbamates (subject to hydrolysis) is 2. The topological polar surface area (TPSA) is 204 Å². The Morgan fingerprint density at radius 2 is 1.34 bits per heavy atom. The summed E-state index contributed by atoms with van der Waals surface area (Å²) in [4.78, 5) is 87.3. The minimum Gasteiger partial charge on any atom is -0.453 e. The summed E-state index contributed by atoms with van der Waals surface area (Å²) >= 11 is 0. The van der Waals surface area contributed by atoms with Crippen LogP contribution in [-0.4, -0.2) is 101 Å². The van der Waals surface area contributed by atoms with Crippen LogP contribution in [0.2, 0.25) is 0 Å². The number of rotatable bonds is 11. The zero-order chi connectivity index (χ0) is 40.7. The molecule has 2 fully saturated rings. The first-order chi connectivity index (χ1) is 26.7. The van der Waals surface area contributed by atoms with Crippen molar-refractivity contribution in [3.8, 4) is 22.4 Å². The van der Waals surface area contributed by atoms with E-state index >= 15 is 4.39 Å². The number of carbonyl (C=O) groups is 6. The van der Waals surface area contributed by atoms with Crippen LogP contribution in [0, 0.1) is 17.7 Å². The summed E-state index contributed by atoms with van der Waals surface area (Å²) < 4.78 is 24.6. The van der Waals surface area contributed by atoms with Crippen LogP contribution >= 0.6 is 0 Å². The molecule has 0 bridgehead atoms. The normalized spacial score (nSPS) is 17.7. The van der Waals surface area contributed by atoms with Crippen molar-refractivity contribution in [1.29, 1.82) is 0 Å². The van der Waals surface area contributed by atoms with Gasteiger partial charge in [0.05, 0.1) is 37.8 Å². The summed E-state index contributed by atoms with van der Waals surface area (Å²) in [6.45, 7) is 8.02. The van der Waals surface area contributed by atoms with E-state index in [1.165, 1.54) is 31.3 Å². The van der Waals surface area contributed by atoms with Gasteiger partial charge in [0.25, 0.3) is 5.91 Å². The molecule has 2 aromatic carbocycles. The van der Waals surface area contributed by atoms with E-state index in [0.29, 0.717) is 42.8 Å². The number of urea groups is 1. The second-order valence-electron chi connectivity index (χ2n) is 14.5. The molecule has 16 nitrogen and oxygen atoms in total. The summed E-state index contributed by atoms with van der Waals surface area (Å²) in [6.07, 6.45) is 2.59. The molecule has 2 aliphatic rings. The second-order valence-corrected chi connectivity index (χ2v) is 14.5. The first-order valence-electron chi connectivity index (χ1n) is 18.6. The highest BCUT2D eigenvalue weighted by Crippen LogP contribution is 2.33. The number of carbonyl (C=O) groups excluding carboxylic acids is 6. The Kier molecular flexibility index (Phi) is 13.3. The van der Waals surface area contributed by atoms with Gasteiger partial charge in [0, 0.05) is 13.1 Å². The fourth-order valence-electron chi connectivity index (χ4n) is 7.01. The lowest BCUT2D eigenvalue weighted by atomic mass is 10.0. The summed E-state index contributed by atoms with van der Waals surface area (Å²) in [5.41, 5.74) is 2.65. The molecule has 2 aliphatic heterocycles. The molecule has 3 heterocycles. The van der Waals surface area contributed by atoms with Crippen molar-refractivity contribution in [1.82, 2.24) is 35.7 Å². The van der Waals surface area contributed by atoms with Crippen LogP contribution in [0.4, 0.5) is 24.5 Å². The van der Waals surface area contributed by atoms with Crippen molar-refractivity contribution in [2.75, 3.05) is 32.6 Å². The van der Waals surface area contributed by atoms with Gasteiger partial charge in [0.1, 0.15) is 29.8 Å². The van der Waals surface area contributed by atoms with Gasteiger partial charge in [-0.15, -0.1) is 0 Å². The molecule has 4 atom stereocenters. The van der Waals surface area contributed by atoms with Gasteiger partial charge in [0.2, 0.25) is 11.8 Å². The Morgan fingerprint density at radius 1 is 0.786 bits per heavy atom. The minimum absolute atomic E-state index is 0.151. The second kappa shape index (κ2) is 18.1. The number of imidazole rings is 1. The van der Waals surface area contributed by atoms with Gasteiger partial charge >= 0.3 is 18.2 Å². The molecular weight excluding hydrogens is 727 g/mol. The molecular formula is C39H49FN8O8. The molecule has 4 unspecified atom stereocenters. The summed E-state index contributed by atoms with van der Waals surface area (Å²) in [7, 11) is 2.44. The summed E-state index contributed by atoms with van der Waals surface area (Å²) in [6, 6.07) is 7.78. The third-order valence-electron chi connectivity index (χ3n) is 10.1. The maximum atomic E-state index is 15.3. The number of benzene rings is 2. The number of aromatic nitrogens is 2. The number of imide groups is 1. The third-order valence-corrected chi connectivity index (χ3v) is 10.1. The van der Waals surface area contributed by atoms with Crippen LogP contribution in [-0.2, 0) is 23.9 Å². The van der Waals surface area contributed by atoms with Crippen LogP contribution in [0.1, 0.15) is 65.2 Å². The fraction of sp³-hybridized carbons (Fsp3) is 0.462. The number of halogens is 1. The number of likely N-dealkylation sites (tertiary alicyclic amines) is 2. The summed E-state index contributed by atoms with van der Waals surface area (Å²) in [5.74, 6) is -1.93. The summed E-state index contributed by atoms with van der Waals surface area (Å²) in [5, 5.41) is 9.73. The van der Waals surface area contributed by atoms with Crippen molar-refractivity contribution in [3.63, 3.8) is 0 Å². The van der Waals surface area contributed by atoms with E-state index in [2.05, 4.69) is 36.0 Å². The average molecular weight is 777 g/mol. The van der Waals surface area contributed by atoms with Crippen molar-refractivity contribution < 1.29 is 42.6 Å². The number of ether oxygens (including phenoxy) is 2. The van der Waals surface area contributed by atoms with E-state index in [0.717, 1.165) is 17.7 Å². The third kappa shape index (κ3) is 9.44. The van der Waals surface area contributed by atoms with Gasteiger partial charge in [-0.3, -0.25) is 19.7 Å². The highest BCUT2D eigenvalue weighted by molar-refractivity contribution is 6.04. The Labute approximate surface area is 324 Å². The number of hydrogen-bond acceptors (Lipinski definition) is 9. The van der Waals surface area contributed by atoms with E-state index in [9.17, 15) is 28.8 Å². The Balaban J connectivity index is 1.19. The Hall–Kier alpha value is -6.00. The van der Waals surface area contributed by atoms with Crippen LogP contribution in [0.5, 0.6) is 0 Å². The molecule has 1 aromatic heterocycles. The molecule has 7 amide bonds. The van der Waals surface area contributed by atoms with Crippen LogP contribution < -0.4 is 21.3 Å². The molecule has 3 aromatic rings. The molecule has 0 aliphatic carbocycles. The van der Waals surface area contributed by atoms with E-state index < -0.39 is 54.0 Å². The van der Waals surface area contributed by atoms with E-state index in [1.54, 1.807) is 31.0 Å². The lowest BCUT2D eigenvalue weighted by Crippen LogP contribution is -2.55. The molecule has 5 rings (SSSR count). The Bertz CT molecular complexity index is 1930. The van der Waals surface area contributed by atoms with Gasteiger partial charge in [-0.1, -0.05) is 58.0 Å². The lowest BCUT2D eigenvalue weighted by Gasteiger charge is -2.30. The van der Waals surface area contributed by atoms with E-state index in [-0.39, 0.29) is 36.0 Å². The number of nitrogens with zero attached hydrogens (tertiary/aromatic N) is 3. The molecule has 0 spiro atoms. The minimum atomic E-state index is -0.958. The smallest absolute Gasteiger partial charge is 0.407 e. The highest BCUT2D eigenvalue weighted by Gasteiger charge is 2.40. The number of hydrogen-bond donors (Lipinski definition) is 5. The molecule has 17 heteroatoms. The van der Waals surface area contributed by atoms with Gasteiger partial charge < -0.3 is 40.2 Å². The number of H-pyrrole nitrogens is 1. The van der Waals surface area contributed by atoms with Crippen molar-refractivity contribution >= 4 is 41.6 Å². The standard InChI is InChI=1S/C39H49FN8O8/c1-21(2)31(44-38(53)55-5)35(50)47-17-7-9-29(47)33-41-20-28(42-33)24-13-11-23(12-14-24)25-15-16-27(26(40)19-25)43-37(52)46-34(49)30-10-8-18-48(30)36(51)32(22(3)4)45-39(54)56-6/h11-16,19-22,29-32H,7-10,17-18H2,1-6H3,(H,41,42)(H,44,53)(H,45,54)(H2,43,46,49,52). The molecule has 5 N–H and O–H groups in total. The predicted molar refractivity (Wildman–Crippen MR) is 203 cm³/mol. The number of anilines is 1. The van der Waals surface area contributed by atoms with Crippen molar-refractivity contribution in [3.05, 3.63) is 60.3 Å². The van der Waals surface area contributed by atoms with E-state index in [1.807, 2.05) is 38.1 Å². The molecule has 0 radical (unpaired) electrons. The monoisotopic (exact) mass is 776 g/mol. The maximum absolute atomic E-state index is 15.3. The lowest BCUT2D eigenvalue weighted by molar-refractivity contribution is -0.140. The predicted octanol–water partition coefficient (Wildman–Crippen LogP) is 4.95. The molecule has 56 heavy (non-hydrogen) atoms.